The molecule has 2 heterocycles. The molecular weight excluding hydrogens is 480 g/mol. The summed E-state index contributed by atoms with van der Waals surface area (Å²) in [6.07, 6.45) is 1.60. The fourth-order valence-corrected chi connectivity index (χ4v) is 6.19. The molecule has 4 aromatic rings. The molecule has 0 bridgehead atoms. The molecule has 36 heavy (non-hydrogen) atoms. The number of anilines is 1. The third-order valence-electron chi connectivity index (χ3n) is 6.28. The van der Waals surface area contributed by atoms with Gasteiger partial charge in [-0.15, -0.1) is 0 Å². The van der Waals surface area contributed by atoms with Gasteiger partial charge in [-0.25, -0.2) is 17.8 Å². The summed E-state index contributed by atoms with van der Waals surface area (Å²) in [6, 6.07) is 18.2. The van der Waals surface area contributed by atoms with Gasteiger partial charge in [-0.05, 0) is 54.3 Å². The third kappa shape index (κ3) is 3.93. The molecule has 5 N–H and O–H groups in total. The standard InChI is InChI=1S/C25H24N6O4S/c26-22(29-27)14-17-7-3-11-20-23(17)24(32)31(25(33)28-20)18-9-4-10-19(15-18)36(34,35)30-13-5-8-16-6-1-2-12-21(16)30/h1-4,6-7,9-12,15H,5,8,13-14,27H2,(H2,26,29)(H,28,33). The van der Waals surface area contributed by atoms with Crippen molar-refractivity contribution in [2.75, 3.05) is 10.8 Å². The van der Waals surface area contributed by atoms with E-state index in [2.05, 4.69) is 10.1 Å². The maximum Gasteiger partial charge on any atom is 0.333 e. The van der Waals surface area contributed by atoms with Crippen molar-refractivity contribution in [1.29, 1.82) is 0 Å². The SMILES string of the molecule is N/N=C(\N)Cc1cccc2[nH]c(=O)n(-c3cccc(S(=O)(=O)N4CCCc5ccccc54)c3)c(=O)c12. The number of nitrogens with one attached hydrogen (secondary N) is 1. The van der Waals surface area contributed by atoms with Crippen molar-refractivity contribution in [3.05, 3.63) is 98.7 Å². The zero-order chi connectivity index (χ0) is 25.4. The molecule has 0 spiro atoms. The van der Waals surface area contributed by atoms with Crippen LogP contribution in [0, 0.1) is 0 Å². The first-order chi connectivity index (χ1) is 17.3. The number of aromatic amines is 1. The Morgan fingerprint density at radius 2 is 1.81 bits per heavy atom. The maximum absolute atomic E-state index is 13.6. The predicted octanol–water partition coefficient (Wildman–Crippen LogP) is 1.59. The zero-order valence-corrected chi connectivity index (χ0v) is 20.0. The number of hydrogen-bond acceptors (Lipinski definition) is 6. The van der Waals surface area contributed by atoms with Crippen LogP contribution in [0.4, 0.5) is 5.69 Å². The number of para-hydroxylation sites is 1. The highest BCUT2D eigenvalue weighted by Crippen LogP contribution is 2.32. The highest BCUT2D eigenvalue weighted by Gasteiger charge is 2.29. The van der Waals surface area contributed by atoms with Crippen molar-refractivity contribution in [2.45, 2.75) is 24.2 Å². The van der Waals surface area contributed by atoms with E-state index in [-0.39, 0.29) is 28.2 Å². The monoisotopic (exact) mass is 504 g/mol. The molecule has 11 heteroatoms. The fourth-order valence-electron chi connectivity index (χ4n) is 4.61. The normalized spacial score (nSPS) is 14.1. The quantitative estimate of drug-likeness (QED) is 0.162. The number of amidine groups is 1. The van der Waals surface area contributed by atoms with E-state index >= 15 is 0 Å². The van der Waals surface area contributed by atoms with Gasteiger partial charge in [0.05, 0.1) is 27.2 Å². The lowest BCUT2D eigenvalue weighted by Gasteiger charge is -2.30. The molecule has 0 radical (unpaired) electrons. The molecule has 0 aliphatic carbocycles. The van der Waals surface area contributed by atoms with Gasteiger partial charge in [0, 0.05) is 13.0 Å². The number of aryl methyl sites for hydroxylation is 1. The van der Waals surface area contributed by atoms with Crippen LogP contribution in [0.1, 0.15) is 17.5 Å². The molecule has 10 nitrogen and oxygen atoms in total. The van der Waals surface area contributed by atoms with Crippen molar-refractivity contribution in [3.8, 4) is 5.69 Å². The number of rotatable bonds is 5. The van der Waals surface area contributed by atoms with Crippen LogP contribution >= 0.6 is 0 Å². The van der Waals surface area contributed by atoms with Gasteiger partial charge in [0.1, 0.15) is 5.84 Å². The molecule has 0 saturated carbocycles. The summed E-state index contributed by atoms with van der Waals surface area (Å²) in [5.41, 5.74) is 7.06. The maximum atomic E-state index is 13.6. The molecule has 0 atom stereocenters. The number of nitrogens with two attached hydrogens (primary N) is 2. The Labute approximate surface area is 206 Å². The van der Waals surface area contributed by atoms with Crippen LogP contribution in [0.25, 0.3) is 16.6 Å². The van der Waals surface area contributed by atoms with Crippen LogP contribution in [-0.4, -0.2) is 30.3 Å². The van der Waals surface area contributed by atoms with Crippen molar-refractivity contribution in [1.82, 2.24) is 9.55 Å². The minimum Gasteiger partial charge on any atom is -0.385 e. The first kappa shape index (κ1) is 23.4. The summed E-state index contributed by atoms with van der Waals surface area (Å²) in [5, 5.41) is 3.70. The molecule has 3 aromatic carbocycles. The van der Waals surface area contributed by atoms with E-state index in [9.17, 15) is 18.0 Å². The Kier molecular flexibility index (Phi) is 5.84. The molecule has 0 unspecified atom stereocenters. The Balaban J connectivity index is 1.65. The van der Waals surface area contributed by atoms with E-state index in [0.717, 1.165) is 16.6 Å². The Morgan fingerprint density at radius 1 is 1.03 bits per heavy atom. The third-order valence-corrected chi connectivity index (χ3v) is 8.09. The first-order valence-electron chi connectivity index (χ1n) is 11.3. The van der Waals surface area contributed by atoms with Crippen LogP contribution < -0.4 is 27.1 Å². The van der Waals surface area contributed by atoms with Crippen LogP contribution in [0.15, 0.2) is 86.3 Å². The fraction of sp³-hybridized carbons (Fsp3) is 0.160. The zero-order valence-electron chi connectivity index (χ0n) is 19.2. The summed E-state index contributed by atoms with van der Waals surface area (Å²) in [4.78, 5) is 29.2. The molecular formula is C25H24N6O4S. The second-order valence-corrected chi connectivity index (χ2v) is 10.4. The van der Waals surface area contributed by atoms with Crippen LogP contribution in [-0.2, 0) is 22.9 Å². The molecule has 1 aliphatic rings. The van der Waals surface area contributed by atoms with E-state index in [0.29, 0.717) is 29.7 Å². The molecule has 1 aliphatic heterocycles. The number of H-pyrrole nitrogens is 1. The number of aromatic nitrogens is 2. The van der Waals surface area contributed by atoms with E-state index in [1.165, 1.54) is 28.6 Å². The lowest BCUT2D eigenvalue weighted by atomic mass is 10.0. The number of nitrogens with zero attached hydrogens (tertiary/aromatic N) is 3. The van der Waals surface area contributed by atoms with Gasteiger partial charge in [-0.2, -0.15) is 5.10 Å². The summed E-state index contributed by atoms with van der Waals surface area (Å²) < 4.78 is 29.6. The van der Waals surface area contributed by atoms with E-state index in [4.69, 9.17) is 11.6 Å². The molecule has 5 rings (SSSR count). The second-order valence-electron chi connectivity index (χ2n) is 8.51. The highest BCUT2D eigenvalue weighted by atomic mass is 32.2. The smallest absolute Gasteiger partial charge is 0.333 e. The van der Waals surface area contributed by atoms with Gasteiger partial charge in [0.15, 0.2) is 0 Å². The molecule has 184 valence electrons. The molecule has 0 saturated heterocycles. The van der Waals surface area contributed by atoms with E-state index in [1.54, 1.807) is 30.3 Å². The van der Waals surface area contributed by atoms with Crippen molar-refractivity contribution in [2.24, 2.45) is 16.7 Å². The Hall–Kier alpha value is -4.38. The Morgan fingerprint density at radius 3 is 2.61 bits per heavy atom. The number of hydrogen-bond donors (Lipinski definition) is 3. The van der Waals surface area contributed by atoms with Crippen LogP contribution in [0.5, 0.6) is 0 Å². The molecule has 0 amide bonds. The van der Waals surface area contributed by atoms with Gasteiger partial charge >= 0.3 is 5.69 Å². The van der Waals surface area contributed by atoms with Crippen LogP contribution in [0.2, 0.25) is 0 Å². The van der Waals surface area contributed by atoms with Gasteiger partial charge in [0.25, 0.3) is 15.6 Å². The summed E-state index contributed by atoms with van der Waals surface area (Å²) in [7, 11) is -3.94. The van der Waals surface area contributed by atoms with Gasteiger partial charge in [-0.3, -0.25) is 9.10 Å². The highest BCUT2D eigenvalue weighted by molar-refractivity contribution is 7.92. The lowest BCUT2D eigenvalue weighted by Crippen LogP contribution is -2.36. The Bertz CT molecular complexity index is 1740. The lowest BCUT2D eigenvalue weighted by molar-refractivity contribution is 0.586. The first-order valence-corrected chi connectivity index (χ1v) is 12.8. The average molecular weight is 505 g/mol. The molecule has 1 aromatic heterocycles. The van der Waals surface area contributed by atoms with Gasteiger partial charge in [0.2, 0.25) is 0 Å². The summed E-state index contributed by atoms with van der Waals surface area (Å²) in [6.45, 7) is 0.341. The van der Waals surface area contributed by atoms with Gasteiger partial charge < -0.3 is 16.6 Å². The van der Waals surface area contributed by atoms with Crippen molar-refractivity contribution >= 4 is 32.4 Å². The van der Waals surface area contributed by atoms with Gasteiger partial charge in [-0.1, -0.05) is 36.4 Å². The summed E-state index contributed by atoms with van der Waals surface area (Å²) >= 11 is 0. The topological polar surface area (TPSA) is 157 Å². The minimum absolute atomic E-state index is 0.0177. The minimum atomic E-state index is -3.94. The van der Waals surface area contributed by atoms with Crippen LogP contribution in [0.3, 0.4) is 0 Å². The van der Waals surface area contributed by atoms with Crippen molar-refractivity contribution < 1.29 is 8.42 Å². The average Bonchev–Trinajstić information content (AvgIpc) is 2.88. The second kappa shape index (κ2) is 9.00. The molecule has 0 fully saturated rings. The number of fused-ring (bicyclic) bond motifs is 2. The van der Waals surface area contributed by atoms with E-state index in [1.807, 2.05) is 12.1 Å². The van der Waals surface area contributed by atoms with Crippen molar-refractivity contribution in [3.63, 3.8) is 0 Å². The predicted molar refractivity (Wildman–Crippen MR) is 139 cm³/mol. The number of sulfonamides is 1. The largest absolute Gasteiger partial charge is 0.385 e. The number of hydrazone groups is 1. The number of benzene rings is 3. The summed E-state index contributed by atoms with van der Waals surface area (Å²) in [5.74, 6) is 5.38. The van der Waals surface area contributed by atoms with E-state index < -0.39 is 21.3 Å².